The normalized spacial score (nSPS) is 11.9. The van der Waals surface area contributed by atoms with Gasteiger partial charge in [0.05, 0.1) is 5.02 Å². The molecule has 0 radical (unpaired) electrons. The minimum absolute atomic E-state index is 0.0854. The van der Waals surface area contributed by atoms with E-state index in [2.05, 4.69) is 0 Å². The zero-order chi connectivity index (χ0) is 13.8. The van der Waals surface area contributed by atoms with Crippen molar-refractivity contribution in [1.82, 2.24) is 0 Å². The third kappa shape index (κ3) is 3.23. The van der Waals surface area contributed by atoms with Gasteiger partial charge in [-0.25, -0.2) is 4.39 Å². The van der Waals surface area contributed by atoms with Crippen molar-refractivity contribution in [3.63, 3.8) is 0 Å². The number of benzene rings is 2. The maximum atomic E-state index is 12.9. The van der Waals surface area contributed by atoms with E-state index in [-0.39, 0.29) is 10.8 Å². The molecule has 2 rings (SSSR count). The molecule has 0 aliphatic carbocycles. The number of carbonyl (C=O) groups is 1. The van der Waals surface area contributed by atoms with Gasteiger partial charge in [-0.3, -0.25) is 4.79 Å². The molecular formula is C14H11ClFNO2. The van der Waals surface area contributed by atoms with Gasteiger partial charge in [-0.15, -0.1) is 0 Å². The highest BCUT2D eigenvalue weighted by Gasteiger charge is 2.20. The third-order valence-corrected chi connectivity index (χ3v) is 2.79. The maximum absolute atomic E-state index is 12.9. The molecule has 0 saturated carbocycles. The Kier molecular flexibility index (Phi) is 4.02. The summed E-state index contributed by atoms with van der Waals surface area (Å²) in [5, 5.41) is 0.0854. The van der Waals surface area contributed by atoms with Gasteiger partial charge in [-0.05, 0) is 18.2 Å². The van der Waals surface area contributed by atoms with Gasteiger partial charge in [0, 0.05) is 5.56 Å². The SMILES string of the molecule is NC(=O)C(Oc1ccc(F)cc1Cl)c1ccccc1. The Balaban J connectivity index is 2.29. The average molecular weight is 280 g/mol. The molecular weight excluding hydrogens is 269 g/mol. The van der Waals surface area contributed by atoms with Gasteiger partial charge >= 0.3 is 0 Å². The predicted molar refractivity (Wildman–Crippen MR) is 70.4 cm³/mol. The molecule has 0 aliphatic rings. The van der Waals surface area contributed by atoms with Crippen molar-refractivity contribution < 1.29 is 13.9 Å². The minimum atomic E-state index is -0.968. The van der Waals surface area contributed by atoms with Gasteiger partial charge < -0.3 is 10.5 Å². The van der Waals surface area contributed by atoms with Crippen molar-refractivity contribution in [3.8, 4) is 5.75 Å². The summed E-state index contributed by atoms with van der Waals surface area (Å²) in [7, 11) is 0. The molecule has 0 aliphatic heterocycles. The van der Waals surface area contributed by atoms with Gasteiger partial charge in [0.25, 0.3) is 5.91 Å². The Morgan fingerprint density at radius 3 is 2.47 bits per heavy atom. The first-order valence-electron chi connectivity index (χ1n) is 5.54. The topological polar surface area (TPSA) is 52.3 Å². The molecule has 0 aromatic heterocycles. The number of ether oxygens (including phenoxy) is 1. The van der Waals surface area contributed by atoms with Crippen LogP contribution in [0.3, 0.4) is 0 Å². The van der Waals surface area contributed by atoms with E-state index >= 15 is 0 Å². The zero-order valence-corrected chi connectivity index (χ0v) is 10.6. The van der Waals surface area contributed by atoms with Gasteiger partial charge in [-0.2, -0.15) is 0 Å². The summed E-state index contributed by atoms with van der Waals surface area (Å²) in [6, 6.07) is 12.4. The molecule has 2 N–H and O–H groups in total. The number of amides is 1. The highest BCUT2D eigenvalue weighted by molar-refractivity contribution is 6.32. The fourth-order valence-electron chi connectivity index (χ4n) is 1.62. The second kappa shape index (κ2) is 5.71. The van der Waals surface area contributed by atoms with E-state index in [0.717, 1.165) is 6.07 Å². The fourth-order valence-corrected chi connectivity index (χ4v) is 1.83. The van der Waals surface area contributed by atoms with Crippen molar-refractivity contribution in [2.24, 2.45) is 5.73 Å². The Morgan fingerprint density at radius 2 is 1.89 bits per heavy atom. The quantitative estimate of drug-likeness (QED) is 0.935. The van der Waals surface area contributed by atoms with Gasteiger partial charge in [0.15, 0.2) is 0 Å². The Morgan fingerprint density at radius 1 is 1.21 bits per heavy atom. The highest BCUT2D eigenvalue weighted by atomic mass is 35.5. The summed E-state index contributed by atoms with van der Waals surface area (Å²) in [4.78, 5) is 11.5. The van der Waals surface area contributed by atoms with Crippen LogP contribution >= 0.6 is 11.6 Å². The summed E-state index contributed by atoms with van der Waals surface area (Å²) < 4.78 is 18.4. The molecule has 0 heterocycles. The number of primary amides is 1. The molecule has 0 spiro atoms. The number of nitrogens with two attached hydrogens (primary N) is 1. The van der Waals surface area contributed by atoms with Crippen LogP contribution in [0.5, 0.6) is 5.75 Å². The van der Waals surface area contributed by atoms with Crippen LogP contribution in [0.25, 0.3) is 0 Å². The first-order chi connectivity index (χ1) is 9.08. The molecule has 98 valence electrons. The molecule has 3 nitrogen and oxygen atoms in total. The lowest BCUT2D eigenvalue weighted by atomic mass is 10.1. The van der Waals surface area contributed by atoms with Crippen LogP contribution in [-0.2, 0) is 4.79 Å². The van der Waals surface area contributed by atoms with Gasteiger partial charge in [0.1, 0.15) is 11.6 Å². The van der Waals surface area contributed by atoms with Crippen LogP contribution in [0.4, 0.5) is 4.39 Å². The van der Waals surface area contributed by atoms with E-state index in [1.165, 1.54) is 12.1 Å². The van der Waals surface area contributed by atoms with Crippen molar-refractivity contribution >= 4 is 17.5 Å². The molecule has 2 aromatic carbocycles. The van der Waals surface area contributed by atoms with Crippen LogP contribution in [0.1, 0.15) is 11.7 Å². The summed E-state index contributed by atoms with van der Waals surface area (Å²) in [5.41, 5.74) is 5.92. The minimum Gasteiger partial charge on any atom is -0.474 e. The van der Waals surface area contributed by atoms with E-state index < -0.39 is 17.8 Å². The number of halogens is 2. The van der Waals surface area contributed by atoms with Gasteiger partial charge in [-0.1, -0.05) is 41.9 Å². The number of hydrogen-bond donors (Lipinski definition) is 1. The first kappa shape index (κ1) is 13.4. The molecule has 2 aromatic rings. The number of carbonyl (C=O) groups excluding carboxylic acids is 1. The van der Waals surface area contributed by atoms with E-state index in [1.807, 2.05) is 6.07 Å². The standard InChI is InChI=1S/C14H11ClFNO2/c15-11-8-10(16)6-7-12(11)19-13(14(17)18)9-4-2-1-3-5-9/h1-8,13H,(H2,17,18). The molecule has 0 bridgehead atoms. The summed E-state index contributed by atoms with van der Waals surface area (Å²) in [6.45, 7) is 0. The van der Waals surface area contributed by atoms with Gasteiger partial charge in [0.2, 0.25) is 6.10 Å². The molecule has 0 fully saturated rings. The van der Waals surface area contributed by atoms with E-state index in [0.29, 0.717) is 5.56 Å². The molecule has 19 heavy (non-hydrogen) atoms. The van der Waals surface area contributed by atoms with Crippen LogP contribution in [0, 0.1) is 5.82 Å². The van der Waals surface area contributed by atoms with Crippen molar-refractivity contribution in [2.75, 3.05) is 0 Å². The van der Waals surface area contributed by atoms with Crippen LogP contribution < -0.4 is 10.5 Å². The lowest BCUT2D eigenvalue weighted by molar-refractivity contribution is -0.125. The summed E-state index contributed by atoms with van der Waals surface area (Å²) in [5.74, 6) is -0.921. The summed E-state index contributed by atoms with van der Waals surface area (Å²) >= 11 is 5.85. The monoisotopic (exact) mass is 279 g/mol. The third-order valence-electron chi connectivity index (χ3n) is 2.50. The fraction of sp³-hybridized carbons (Fsp3) is 0.0714. The van der Waals surface area contributed by atoms with E-state index in [4.69, 9.17) is 22.1 Å². The maximum Gasteiger partial charge on any atom is 0.263 e. The van der Waals surface area contributed by atoms with Crippen LogP contribution in [0.15, 0.2) is 48.5 Å². The second-order valence-corrected chi connectivity index (χ2v) is 4.29. The van der Waals surface area contributed by atoms with Crippen molar-refractivity contribution in [3.05, 3.63) is 64.9 Å². The number of rotatable bonds is 4. The largest absolute Gasteiger partial charge is 0.474 e. The molecule has 1 amide bonds. The lowest BCUT2D eigenvalue weighted by Crippen LogP contribution is -2.26. The van der Waals surface area contributed by atoms with E-state index in [1.54, 1.807) is 24.3 Å². The van der Waals surface area contributed by atoms with E-state index in [9.17, 15) is 9.18 Å². The zero-order valence-electron chi connectivity index (χ0n) is 9.85. The molecule has 1 unspecified atom stereocenters. The Hall–Kier alpha value is -2.07. The van der Waals surface area contributed by atoms with Crippen LogP contribution in [0.2, 0.25) is 5.02 Å². The van der Waals surface area contributed by atoms with Crippen LogP contribution in [-0.4, -0.2) is 5.91 Å². The predicted octanol–water partition coefficient (Wildman–Crippen LogP) is 3.08. The Bertz CT molecular complexity index is 589. The smallest absolute Gasteiger partial charge is 0.263 e. The Labute approximate surface area is 114 Å². The molecule has 5 heteroatoms. The summed E-state index contributed by atoms with van der Waals surface area (Å²) in [6.07, 6.45) is -0.968. The van der Waals surface area contributed by atoms with Crippen molar-refractivity contribution in [1.29, 1.82) is 0 Å². The lowest BCUT2D eigenvalue weighted by Gasteiger charge is -2.17. The second-order valence-electron chi connectivity index (χ2n) is 3.89. The average Bonchev–Trinajstić information content (AvgIpc) is 2.38. The molecule has 0 saturated heterocycles. The van der Waals surface area contributed by atoms with Crippen molar-refractivity contribution in [2.45, 2.75) is 6.10 Å². The molecule has 1 atom stereocenters. The number of hydrogen-bond acceptors (Lipinski definition) is 2. The first-order valence-corrected chi connectivity index (χ1v) is 5.91. The highest BCUT2D eigenvalue weighted by Crippen LogP contribution is 2.29.